The van der Waals surface area contributed by atoms with Gasteiger partial charge in [-0.05, 0) is 111 Å². The lowest BCUT2D eigenvalue weighted by Gasteiger charge is -2.60. The molecule has 4 unspecified atom stereocenters. The normalized spacial score (nSPS) is 32.6. The summed E-state index contributed by atoms with van der Waals surface area (Å²) in [6, 6.07) is 3.54. The molecule has 0 amide bonds. The number of allylic oxidation sites excluding steroid dienone is 1. The first-order valence-electron chi connectivity index (χ1n) is 12.9. The largest absolute Gasteiger partial charge is 0.507 e. The summed E-state index contributed by atoms with van der Waals surface area (Å²) in [7, 11) is 0. The van der Waals surface area contributed by atoms with Gasteiger partial charge >= 0.3 is 11.9 Å². The van der Waals surface area contributed by atoms with Crippen molar-refractivity contribution in [1.82, 2.24) is 0 Å². The maximum Gasteiger partial charge on any atom is 0.342 e. The highest BCUT2D eigenvalue weighted by atomic mass is 17.2. The molecule has 1 aliphatic heterocycles. The summed E-state index contributed by atoms with van der Waals surface area (Å²) >= 11 is 0. The van der Waals surface area contributed by atoms with Crippen molar-refractivity contribution in [3.8, 4) is 11.5 Å². The molecule has 35 heavy (non-hydrogen) atoms. The van der Waals surface area contributed by atoms with Gasteiger partial charge in [-0.15, -0.1) is 0 Å². The Bertz CT molecular complexity index is 1070. The zero-order valence-corrected chi connectivity index (χ0v) is 22.2. The van der Waals surface area contributed by atoms with E-state index in [9.17, 15) is 14.7 Å². The van der Waals surface area contributed by atoms with E-state index in [2.05, 4.69) is 20.8 Å². The van der Waals surface area contributed by atoms with E-state index < -0.39 is 5.60 Å². The molecule has 1 aromatic rings. The first-order valence-corrected chi connectivity index (χ1v) is 12.9. The molecule has 0 bridgehead atoms. The average Bonchev–Trinajstić information content (AvgIpc) is 2.76. The van der Waals surface area contributed by atoms with Crippen LogP contribution in [0.1, 0.15) is 91.2 Å². The lowest BCUT2D eigenvalue weighted by atomic mass is 9.45. The van der Waals surface area contributed by atoms with Crippen LogP contribution in [0.15, 0.2) is 23.3 Å². The van der Waals surface area contributed by atoms with Gasteiger partial charge in [-0.3, -0.25) is 9.68 Å². The van der Waals surface area contributed by atoms with E-state index in [0.29, 0.717) is 42.4 Å². The van der Waals surface area contributed by atoms with Crippen molar-refractivity contribution < 1.29 is 29.2 Å². The van der Waals surface area contributed by atoms with Gasteiger partial charge in [0.25, 0.3) is 0 Å². The van der Waals surface area contributed by atoms with Gasteiger partial charge in [0.1, 0.15) is 17.1 Å². The number of aryl methyl sites for hydroxylation is 1. The fourth-order valence-corrected chi connectivity index (χ4v) is 7.34. The van der Waals surface area contributed by atoms with Crippen LogP contribution in [-0.4, -0.2) is 22.6 Å². The van der Waals surface area contributed by atoms with Crippen LogP contribution in [0.5, 0.6) is 11.5 Å². The Hall–Kier alpha value is -2.34. The smallest absolute Gasteiger partial charge is 0.342 e. The van der Waals surface area contributed by atoms with Gasteiger partial charge in [0, 0.05) is 6.92 Å². The second-order valence-corrected chi connectivity index (χ2v) is 12.0. The van der Waals surface area contributed by atoms with E-state index >= 15 is 0 Å². The molecule has 0 saturated heterocycles. The topological polar surface area (TPSA) is 82.1 Å². The van der Waals surface area contributed by atoms with Crippen molar-refractivity contribution in [3.63, 3.8) is 0 Å². The molecular weight excluding hydrogens is 444 g/mol. The molecule has 0 radical (unpaired) electrons. The summed E-state index contributed by atoms with van der Waals surface area (Å²) in [6.45, 7) is 14.3. The van der Waals surface area contributed by atoms with Crippen molar-refractivity contribution in [2.24, 2.45) is 22.7 Å². The fourth-order valence-electron chi connectivity index (χ4n) is 7.34. The van der Waals surface area contributed by atoms with Crippen LogP contribution in [-0.2, 0) is 25.8 Å². The Kier molecular flexibility index (Phi) is 6.58. The van der Waals surface area contributed by atoms with E-state index in [1.807, 2.05) is 26.8 Å². The SMILES string of the molecule is CC(=O)Oc1cc(C)c(O)c(CC2(C)C(C)CCC3(C)C4=C(CCC32)C(C)(C)OOC(=O)CC4)c1. The number of fused-ring (bicyclic) bond motifs is 2. The molecule has 2 aliphatic carbocycles. The number of hydrogen-bond acceptors (Lipinski definition) is 6. The Morgan fingerprint density at radius 1 is 1.11 bits per heavy atom. The molecule has 0 spiro atoms. The van der Waals surface area contributed by atoms with Gasteiger partial charge in [0.15, 0.2) is 0 Å². The van der Waals surface area contributed by atoms with Gasteiger partial charge in [0.05, 0.1) is 6.42 Å². The maximum absolute atomic E-state index is 12.2. The Morgan fingerprint density at radius 3 is 2.51 bits per heavy atom. The lowest BCUT2D eigenvalue weighted by molar-refractivity contribution is -0.317. The van der Waals surface area contributed by atoms with Crippen LogP contribution in [0.2, 0.25) is 0 Å². The number of benzene rings is 1. The predicted octanol–water partition coefficient (Wildman–Crippen LogP) is 6.36. The van der Waals surface area contributed by atoms with Gasteiger partial charge in [-0.25, -0.2) is 4.79 Å². The molecule has 6 heteroatoms. The van der Waals surface area contributed by atoms with E-state index in [1.54, 1.807) is 6.07 Å². The van der Waals surface area contributed by atoms with Crippen LogP contribution >= 0.6 is 0 Å². The van der Waals surface area contributed by atoms with E-state index in [0.717, 1.165) is 31.2 Å². The second kappa shape index (κ2) is 8.95. The van der Waals surface area contributed by atoms with E-state index in [-0.39, 0.29) is 28.5 Å². The van der Waals surface area contributed by atoms with Gasteiger partial charge < -0.3 is 9.84 Å². The zero-order chi connectivity index (χ0) is 25.8. The molecule has 6 nitrogen and oxygen atoms in total. The maximum atomic E-state index is 12.2. The number of hydrogen-bond donors (Lipinski definition) is 1. The molecule has 1 heterocycles. The Balaban J connectivity index is 1.76. The first kappa shape index (κ1) is 25.7. The third-order valence-electron chi connectivity index (χ3n) is 9.36. The standard InChI is InChI=1S/C29H40O6/c1-17-14-21(33-19(3)30)15-20(26(17)32)16-29(7)18(2)12-13-28(6)23-9-11-25(31)34-35-27(4,5)22(23)8-10-24(28)29/h14-15,18,24,32H,8-13,16H2,1-7H3. The molecular formula is C29H40O6. The second-order valence-electron chi connectivity index (χ2n) is 12.0. The highest BCUT2D eigenvalue weighted by Gasteiger charge is 2.56. The molecule has 192 valence electrons. The Labute approximate surface area is 209 Å². The number of phenolic OH excluding ortho intramolecular Hbond substituents is 1. The summed E-state index contributed by atoms with van der Waals surface area (Å²) in [5.74, 6) is 0.892. The van der Waals surface area contributed by atoms with Crippen LogP contribution in [0.25, 0.3) is 0 Å². The van der Waals surface area contributed by atoms with E-state index in [1.165, 1.54) is 18.1 Å². The molecule has 1 saturated carbocycles. The van der Waals surface area contributed by atoms with Crippen molar-refractivity contribution in [2.75, 3.05) is 0 Å². The minimum absolute atomic E-state index is 0.0642. The van der Waals surface area contributed by atoms with Crippen molar-refractivity contribution in [2.45, 2.75) is 99.0 Å². The summed E-state index contributed by atoms with van der Waals surface area (Å²) in [5.41, 5.74) is 3.37. The van der Waals surface area contributed by atoms with Crippen LogP contribution in [0.4, 0.5) is 0 Å². The van der Waals surface area contributed by atoms with Crippen LogP contribution in [0.3, 0.4) is 0 Å². The summed E-state index contributed by atoms with van der Waals surface area (Å²) in [5, 5.41) is 11.0. The van der Waals surface area contributed by atoms with Crippen LogP contribution < -0.4 is 4.74 Å². The minimum atomic E-state index is -0.646. The van der Waals surface area contributed by atoms with Gasteiger partial charge in [-0.1, -0.05) is 26.3 Å². The molecule has 3 aliphatic rings. The van der Waals surface area contributed by atoms with Crippen molar-refractivity contribution in [3.05, 3.63) is 34.4 Å². The van der Waals surface area contributed by atoms with Gasteiger partial charge in [0.2, 0.25) is 0 Å². The average molecular weight is 485 g/mol. The highest BCUT2D eigenvalue weighted by molar-refractivity contribution is 5.70. The molecule has 4 rings (SSSR count). The first-order chi connectivity index (χ1) is 16.3. The minimum Gasteiger partial charge on any atom is -0.507 e. The summed E-state index contributed by atoms with van der Waals surface area (Å²) in [4.78, 5) is 34.5. The fraction of sp³-hybridized carbons (Fsp3) is 0.655. The van der Waals surface area contributed by atoms with Crippen molar-refractivity contribution in [1.29, 1.82) is 0 Å². The number of esters is 1. The number of aromatic hydroxyl groups is 1. The highest BCUT2D eigenvalue weighted by Crippen LogP contribution is 2.64. The third-order valence-corrected chi connectivity index (χ3v) is 9.36. The van der Waals surface area contributed by atoms with Crippen molar-refractivity contribution >= 4 is 11.9 Å². The molecule has 1 fully saturated rings. The molecule has 4 atom stereocenters. The third kappa shape index (κ3) is 4.50. The predicted molar refractivity (Wildman–Crippen MR) is 133 cm³/mol. The monoisotopic (exact) mass is 484 g/mol. The molecule has 0 aromatic heterocycles. The number of carbonyl (C=O) groups is 2. The molecule has 1 aromatic carbocycles. The van der Waals surface area contributed by atoms with E-state index in [4.69, 9.17) is 14.5 Å². The summed E-state index contributed by atoms with van der Waals surface area (Å²) < 4.78 is 5.38. The zero-order valence-electron chi connectivity index (χ0n) is 22.2. The van der Waals surface area contributed by atoms with Crippen LogP contribution in [0, 0.1) is 29.6 Å². The summed E-state index contributed by atoms with van der Waals surface area (Å²) in [6.07, 6.45) is 5.77. The number of phenols is 1. The number of carbonyl (C=O) groups excluding carboxylic acids is 2. The Morgan fingerprint density at radius 2 is 1.83 bits per heavy atom. The quantitative estimate of drug-likeness (QED) is 0.232. The van der Waals surface area contributed by atoms with Gasteiger partial charge in [-0.2, -0.15) is 4.89 Å². The number of ether oxygens (including phenoxy) is 1. The molecule has 1 N–H and O–H groups in total. The lowest BCUT2D eigenvalue weighted by Crippen LogP contribution is -2.53. The number of rotatable bonds is 3.